The minimum absolute atomic E-state index is 0.0431. The summed E-state index contributed by atoms with van der Waals surface area (Å²) < 4.78 is 52.9. The summed E-state index contributed by atoms with van der Waals surface area (Å²) in [5.41, 5.74) is 0.812. The SMILES string of the molecule is CCNC(=O)[C@@H](C)N(Cc1ccc(OC)cc1)C(=O)CN(c1ccc(F)cc1)S(=O)(=O)c1ccc(OCC)cc1. The highest BCUT2D eigenvalue weighted by Crippen LogP contribution is 2.26. The number of methoxy groups -OCH3 is 1. The Morgan fingerprint density at radius 1 is 0.925 bits per heavy atom. The van der Waals surface area contributed by atoms with Crippen molar-refractivity contribution in [3.05, 3.63) is 84.2 Å². The van der Waals surface area contributed by atoms with E-state index in [2.05, 4.69) is 5.32 Å². The fraction of sp³-hybridized carbons (Fsp3) is 0.310. The van der Waals surface area contributed by atoms with Crippen LogP contribution in [0.3, 0.4) is 0 Å². The summed E-state index contributed by atoms with van der Waals surface area (Å²) in [5, 5.41) is 2.71. The molecule has 3 rings (SSSR count). The molecule has 3 aromatic carbocycles. The normalized spacial score (nSPS) is 11.8. The molecule has 0 aliphatic rings. The van der Waals surface area contributed by atoms with Crippen LogP contribution in [0.4, 0.5) is 10.1 Å². The lowest BCUT2D eigenvalue weighted by atomic mass is 10.1. The van der Waals surface area contributed by atoms with Gasteiger partial charge >= 0.3 is 0 Å². The second kappa shape index (κ2) is 13.8. The number of amides is 2. The number of benzene rings is 3. The fourth-order valence-corrected chi connectivity index (χ4v) is 5.38. The molecule has 0 aliphatic carbocycles. The van der Waals surface area contributed by atoms with Crippen LogP contribution >= 0.6 is 0 Å². The van der Waals surface area contributed by atoms with Gasteiger partial charge in [0.15, 0.2) is 0 Å². The van der Waals surface area contributed by atoms with E-state index in [4.69, 9.17) is 9.47 Å². The Labute approximate surface area is 234 Å². The summed E-state index contributed by atoms with van der Waals surface area (Å²) >= 11 is 0. The number of nitrogens with one attached hydrogen (secondary N) is 1. The van der Waals surface area contributed by atoms with Crippen molar-refractivity contribution in [2.24, 2.45) is 0 Å². The van der Waals surface area contributed by atoms with Crippen LogP contribution in [-0.2, 0) is 26.2 Å². The molecule has 0 saturated heterocycles. The van der Waals surface area contributed by atoms with Crippen LogP contribution in [0.1, 0.15) is 26.3 Å². The zero-order chi connectivity index (χ0) is 29.3. The van der Waals surface area contributed by atoms with E-state index in [1.807, 2.05) is 6.92 Å². The van der Waals surface area contributed by atoms with Gasteiger partial charge in [-0.2, -0.15) is 0 Å². The van der Waals surface area contributed by atoms with Gasteiger partial charge in [0.1, 0.15) is 29.9 Å². The number of rotatable bonds is 13. The van der Waals surface area contributed by atoms with E-state index in [0.717, 1.165) is 16.4 Å². The molecule has 11 heteroatoms. The van der Waals surface area contributed by atoms with E-state index in [0.29, 0.717) is 30.2 Å². The molecular weight excluding hydrogens is 537 g/mol. The summed E-state index contributed by atoms with van der Waals surface area (Å²) in [6.45, 7) is 5.35. The summed E-state index contributed by atoms with van der Waals surface area (Å²) in [4.78, 5) is 27.8. The summed E-state index contributed by atoms with van der Waals surface area (Å²) in [5.74, 6) is -0.436. The predicted molar refractivity (Wildman–Crippen MR) is 150 cm³/mol. The van der Waals surface area contributed by atoms with Crippen molar-refractivity contribution in [1.29, 1.82) is 0 Å². The summed E-state index contributed by atoms with van der Waals surface area (Å²) in [6, 6.07) is 16.7. The molecule has 0 fully saturated rings. The molecule has 3 aromatic rings. The third kappa shape index (κ3) is 7.50. The number of hydrogen-bond donors (Lipinski definition) is 1. The Balaban J connectivity index is 2.00. The molecule has 0 aromatic heterocycles. The highest BCUT2D eigenvalue weighted by Gasteiger charge is 2.32. The number of likely N-dealkylation sites (N-methyl/N-ethyl adjacent to an activating group) is 1. The molecule has 9 nitrogen and oxygen atoms in total. The number of carbonyl (C=O) groups excluding carboxylic acids is 2. The van der Waals surface area contributed by atoms with E-state index in [9.17, 15) is 22.4 Å². The zero-order valence-electron chi connectivity index (χ0n) is 23.0. The number of carbonyl (C=O) groups is 2. The van der Waals surface area contributed by atoms with Gasteiger partial charge in [-0.05, 0) is 87.0 Å². The minimum Gasteiger partial charge on any atom is -0.497 e. The molecule has 214 valence electrons. The van der Waals surface area contributed by atoms with Gasteiger partial charge < -0.3 is 19.7 Å². The van der Waals surface area contributed by atoms with Crippen LogP contribution in [0.2, 0.25) is 0 Å². The molecule has 1 atom stereocenters. The van der Waals surface area contributed by atoms with Crippen molar-refractivity contribution >= 4 is 27.5 Å². The highest BCUT2D eigenvalue weighted by molar-refractivity contribution is 7.92. The molecule has 0 heterocycles. The molecule has 0 saturated carbocycles. The number of anilines is 1. The van der Waals surface area contributed by atoms with E-state index in [1.165, 1.54) is 48.4 Å². The van der Waals surface area contributed by atoms with Gasteiger partial charge in [0.05, 0.1) is 24.3 Å². The first-order chi connectivity index (χ1) is 19.1. The number of sulfonamides is 1. The van der Waals surface area contributed by atoms with Crippen LogP contribution in [0.15, 0.2) is 77.7 Å². The van der Waals surface area contributed by atoms with Gasteiger partial charge in [0, 0.05) is 13.1 Å². The standard InChI is InChI=1S/C29H34FN3O6S/c1-5-31-29(35)21(3)32(19-22-7-13-25(38-4)14-8-22)28(34)20-33(24-11-9-23(30)10-12-24)40(36,37)27-17-15-26(16-18-27)39-6-2/h7-18,21H,5-6,19-20H2,1-4H3,(H,31,35)/t21-/m1/s1. The molecule has 40 heavy (non-hydrogen) atoms. The average Bonchev–Trinajstić information content (AvgIpc) is 2.95. The largest absolute Gasteiger partial charge is 0.497 e. The fourth-order valence-electron chi connectivity index (χ4n) is 3.97. The maximum atomic E-state index is 13.8. The van der Waals surface area contributed by atoms with Crippen LogP contribution in [0.5, 0.6) is 11.5 Å². The number of nitrogens with zero attached hydrogens (tertiary/aromatic N) is 2. The lowest BCUT2D eigenvalue weighted by molar-refractivity contribution is -0.139. The molecule has 0 aliphatic heterocycles. The van der Waals surface area contributed by atoms with Crippen LogP contribution in [0, 0.1) is 5.82 Å². The first-order valence-electron chi connectivity index (χ1n) is 12.8. The van der Waals surface area contributed by atoms with Crippen LogP contribution < -0.4 is 19.1 Å². The minimum atomic E-state index is -4.27. The topological polar surface area (TPSA) is 105 Å². The highest BCUT2D eigenvalue weighted by atomic mass is 32.2. The lowest BCUT2D eigenvalue weighted by Crippen LogP contribution is -2.51. The summed E-state index contributed by atoms with van der Waals surface area (Å²) in [7, 11) is -2.74. The molecule has 2 amide bonds. The van der Waals surface area contributed by atoms with Crippen LogP contribution in [0.25, 0.3) is 0 Å². The molecule has 0 unspecified atom stereocenters. The molecule has 1 N–H and O–H groups in total. The third-order valence-electron chi connectivity index (χ3n) is 6.15. The van der Waals surface area contributed by atoms with E-state index in [1.54, 1.807) is 38.1 Å². The maximum Gasteiger partial charge on any atom is 0.264 e. The van der Waals surface area contributed by atoms with Gasteiger partial charge in [-0.3, -0.25) is 13.9 Å². The Morgan fingerprint density at radius 2 is 1.52 bits per heavy atom. The van der Waals surface area contributed by atoms with Gasteiger partial charge in [-0.1, -0.05) is 12.1 Å². The Bertz CT molecular complexity index is 1380. The van der Waals surface area contributed by atoms with Crippen molar-refractivity contribution < 1.29 is 31.9 Å². The quantitative estimate of drug-likeness (QED) is 0.333. The monoisotopic (exact) mass is 571 g/mol. The number of halogens is 1. The number of hydrogen-bond acceptors (Lipinski definition) is 6. The van der Waals surface area contributed by atoms with E-state index < -0.39 is 34.3 Å². The maximum absolute atomic E-state index is 13.8. The number of ether oxygens (including phenoxy) is 2. The molecule has 0 bridgehead atoms. The predicted octanol–water partition coefficient (Wildman–Crippen LogP) is 3.98. The lowest BCUT2D eigenvalue weighted by Gasteiger charge is -2.32. The first kappa shape index (κ1) is 30.4. The van der Waals surface area contributed by atoms with Crippen molar-refractivity contribution in [3.63, 3.8) is 0 Å². The van der Waals surface area contributed by atoms with Crippen LogP contribution in [-0.4, -0.2) is 58.0 Å². The Morgan fingerprint density at radius 3 is 2.08 bits per heavy atom. The van der Waals surface area contributed by atoms with Crippen molar-refractivity contribution in [2.45, 2.75) is 38.3 Å². The molecule has 0 radical (unpaired) electrons. The average molecular weight is 572 g/mol. The van der Waals surface area contributed by atoms with Crippen molar-refractivity contribution in [2.75, 3.05) is 31.1 Å². The van der Waals surface area contributed by atoms with Gasteiger partial charge in [0.25, 0.3) is 10.0 Å². The Hall–Kier alpha value is -4.12. The third-order valence-corrected chi connectivity index (χ3v) is 7.93. The molecule has 0 spiro atoms. The van der Waals surface area contributed by atoms with Crippen molar-refractivity contribution in [3.8, 4) is 11.5 Å². The van der Waals surface area contributed by atoms with Gasteiger partial charge in [-0.15, -0.1) is 0 Å². The smallest absolute Gasteiger partial charge is 0.264 e. The first-order valence-corrected chi connectivity index (χ1v) is 14.3. The van der Waals surface area contributed by atoms with Crippen molar-refractivity contribution in [1.82, 2.24) is 10.2 Å². The van der Waals surface area contributed by atoms with E-state index in [-0.39, 0.29) is 23.0 Å². The Kier molecular flexibility index (Phi) is 10.5. The second-order valence-electron chi connectivity index (χ2n) is 8.83. The van der Waals surface area contributed by atoms with E-state index >= 15 is 0 Å². The second-order valence-corrected chi connectivity index (χ2v) is 10.7. The molecular formula is C29H34FN3O6S. The summed E-state index contributed by atoms with van der Waals surface area (Å²) in [6.07, 6.45) is 0. The van der Waals surface area contributed by atoms with Gasteiger partial charge in [0.2, 0.25) is 11.8 Å². The zero-order valence-corrected chi connectivity index (χ0v) is 23.8. The van der Waals surface area contributed by atoms with Gasteiger partial charge in [-0.25, -0.2) is 12.8 Å².